The Balaban J connectivity index is 1.65. The molecule has 4 rings (SSSR count). The number of nitrogens with one attached hydrogen (secondary N) is 1. The average Bonchev–Trinajstić information content (AvgIpc) is 2.74. The molecule has 7 nitrogen and oxygen atoms in total. The van der Waals surface area contributed by atoms with E-state index in [2.05, 4.69) is 35.2 Å². The third-order valence-electron chi connectivity index (χ3n) is 4.26. The maximum Gasteiger partial charge on any atom is 0.451 e. The molecule has 152 valence electrons. The minimum absolute atomic E-state index is 0.328. The van der Waals surface area contributed by atoms with Crippen molar-refractivity contribution in [2.45, 2.75) is 19.1 Å². The van der Waals surface area contributed by atoms with Crippen LogP contribution in [0.2, 0.25) is 0 Å². The predicted molar refractivity (Wildman–Crippen MR) is 99.6 cm³/mol. The second-order valence-electron chi connectivity index (χ2n) is 6.36. The Bertz CT molecular complexity index is 1180. The zero-order valence-electron chi connectivity index (χ0n) is 15.4. The first-order chi connectivity index (χ1) is 14.3. The molecule has 0 saturated heterocycles. The Morgan fingerprint density at radius 2 is 1.60 bits per heavy atom. The highest BCUT2D eigenvalue weighted by Crippen LogP contribution is 2.27. The van der Waals surface area contributed by atoms with Crippen LogP contribution in [0.3, 0.4) is 0 Å². The number of fused-ring (bicyclic) bond motifs is 1. The molecule has 1 N–H and O–H groups in total. The molecule has 3 aromatic heterocycles. The van der Waals surface area contributed by atoms with Crippen molar-refractivity contribution < 1.29 is 17.6 Å². The van der Waals surface area contributed by atoms with Crippen molar-refractivity contribution in [1.29, 1.82) is 0 Å². The largest absolute Gasteiger partial charge is 0.451 e. The van der Waals surface area contributed by atoms with Gasteiger partial charge in [-0.25, -0.2) is 34.3 Å². The summed E-state index contributed by atoms with van der Waals surface area (Å²) in [4.78, 5) is 23.8. The zero-order valence-corrected chi connectivity index (χ0v) is 15.4. The van der Waals surface area contributed by atoms with Crippen molar-refractivity contribution in [2.24, 2.45) is 0 Å². The normalized spacial score (nSPS) is 12.7. The average molecular weight is 415 g/mol. The Labute approximate surface area is 167 Å². The van der Waals surface area contributed by atoms with Crippen LogP contribution in [0.4, 0.5) is 23.4 Å². The molecule has 0 fully saturated rings. The first-order valence-electron chi connectivity index (χ1n) is 8.70. The summed E-state index contributed by atoms with van der Waals surface area (Å²) in [6.07, 6.45) is 0.412. The summed E-state index contributed by atoms with van der Waals surface area (Å²) in [5, 5.41) is 3.07. The Morgan fingerprint density at radius 1 is 0.900 bits per heavy atom. The lowest BCUT2D eigenvalue weighted by atomic mass is 10.1. The summed E-state index contributed by atoms with van der Waals surface area (Å²) in [5.41, 5.74) is 2.27. The van der Waals surface area contributed by atoms with Gasteiger partial charge in [-0.2, -0.15) is 13.2 Å². The lowest BCUT2D eigenvalue weighted by Crippen LogP contribution is -2.14. The number of hydrogen-bond acceptors (Lipinski definition) is 7. The SMILES string of the molecule is C[C@@H](Nc1ncnc2ncc(-c3ccc(F)cc3)nc12)c1cnc(C(F)(F)F)nc1. The van der Waals surface area contributed by atoms with Crippen LogP contribution in [0.1, 0.15) is 24.4 Å². The van der Waals surface area contributed by atoms with Crippen LogP contribution in [0.5, 0.6) is 0 Å². The van der Waals surface area contributed by atoms with Gasteiger partial charge in [0.15, 0.2) is 17.0 Å². The van der Waals surface area contributed by atoms with E-state index in [0.29, 0.717) is 33.8 Å². The molecule has 3 heterocycles. The van der Waals surface area contributed by atoms with E-state index in [1.54, 1.807) is 19.1 Å². The molecular formula is C19H13F4N7. The summed E-state index contributed by atoms with van der Waals surface area (Å²) in [5.74, 6) is -1.24. The molecule has 0 amide bonds. The second-order valence-corrected chi connectivity index (χ2v) is 6.36. The summed E-state index contributed by atoms with van der Waals surface area (Å²) in [7, 11) is 0. The van der Waals surface area contributed by atoms with E-state index in [4.69, 9.17) is 0 Å². The first-order valence-corrected chi connectivity index (χ1v) is 8.70. The van der Waals surface area contributed by atoms with Crippen LogP contribution in [0.15, 0.2) is 49.2 Å². The quantitative estimate of drug-likeness (QED) is 0.500. The summed E-state index contributed by atoms with van der Waals surface area (Å²) in [6.45, 7) is 1.72. The fourth-order valence-electron chi connectivity index (χ4n) is 2.70. The molecule has 30 heavy (non-hydrogen) atoms. The van der Waals surface area contributed by atoms with Gasteiger partial charge < -0.3 is 5.32 Å². The smallest absolute Gasteiger partial charge is 0.361 e. The van der Waals surface area contributed by atoms with Gasteiger partial charge in [-0.1, -0.05) is 0 Å². The summed E-state index contributed by atoms with van der Waals surface area (Å²) >= 11 is 0. The van der Waals surface area contributed by atoms with Crippen LogP contribution in [-0.2, 0) is 6.18 Å². The van der Waals surface area contributed by atoms with Crippen molar-refractivity contribution in [1.82, 2.24) is 29.9 Å². The van der Waals surface area contributed by atoms with Gasteiger partial charge in [0.1, 0.15) is 12.1 Å². The fourth-order valence-corrected chi connectivity index (χ4v) is 2.70. The van der Waals surface area contributed by atoms with Crippen LogP contribution >= 0.6 is 0 Å². The van der Waals surface area contributed by atoms with E-state index in [1.807, 2.05) is 0 Å². The molecule has 1 atom stereocenters. The third-order valence-corrected chi connectivity index (χ3v) is 4.26. The zero-order chi connectivity index (χ0) is 21.3. The highest BCUT2D eigenvalue weighted by atomic mass is 19.4. The standard InChI is InChI=1S/C19H13F4N7/c1-10(12-6-25-18(26-7-12)19(21,22)23)29-17-15-16(27-9-28-17)24-8-14(30-15)11-2-4-13(20)5-3-11/h2-10H,1H3,(H,24,27,28,29)/t10-/m1/s1. The molecule has 4 aromatic rings. The molecule has 0 spiro atoms. The van der Waals surface area contributed by atoms with E-state index >= 15 is 0 Å². The molecule has 0 saturated carbocycles. The number of halogens is 4. The minimum atomic E-state index is -4.61. The molecule has 0 aliphatic rings. The topological polar surface area (TPSA) is 89.4 Å². The summed E-state index contributed by atoms with van der Waals surface area (Å²) < 4.78 is 51.1. The van der Waals surface area contributed by atoms with Crippen LogP contribution in [0.25, 0.3) is 22.4 Å². The predicted octanol–water partition coefficient (Wildman–Crippen LogP) is 4.21. The molecule has 1 aromatic carbocycles. The monoisotopic (exact) mass is 415 g/mol. The van der Waals surface area contributed by atoms with E-state index in [-0.39, 0.29) is 5.82 Å². The van der Waals surface area contributed by atoms with Gasteiger partial charge in [-0.3, -0.25) is 0 Å². The van der Waals surface area contributed by atoms with Gasteiger partial charge in [0, 0.05) is 23.5 Å². The highest BCUT2D eigenvalue weighted by Gasteiger charge is 2.34. The van der Waals surface area contributed by atoms with Crippen LogP contribution in [-0.4, -0.2) is 29.9 Å². The van der Waals surface area contributed by atoms with E-state index in [1.165, 1.54) is 24.7 Å². The number of aromatic nitrogens is 6. The Kier molecular flexibility index (Phi) is 4.94. The molecule has 0 aliphatic heterocycles. The number of nitrogens with zero attached hydrogens (tertiary/aromatic N) is 6. The van der Waals surface area contributed by atoms with Gasteiger partial charge in [0.25, 0.3) is 0 Å². The maximum atomic E-state index is 13.2. The number of anilines is 1. The Hall–Kier alpha value is -3.76. The van der Waals surface area contributed by atoms with Gasteiger partial charge in [-0.15, -0.1) is 0 Å². The molecule has 0 unspecified atom stereocenters. The molecular weight excluding hydrogens is 402 g/mol. The van der Waals surface area contributed by atoms with Crippen LogP contribution < -0.4 is 5.32 Å². The molecule has 0 bridgehead atoms. The van der Waals surface area contributed by atoms with E-state index < -0.39 is 18.0 Å². The molecule has 0 aliphatic carbocycles. The summed E-state index contributed by atoms with van der Waals surface area (Å²) in [6, 6.07) is 5.30. The number of hydrogen-bond donors (Lipinski definition) is 1. The second kappa shape index (κ2) is 7.58. The number of rotatable bonds is 4. The minimum Gasteiger partial charge on any atom is -0.361 e. The van der Waals surface area contributed by atoms with Crippen molar-refractivity contribution in [2.75, 3.05) is 5.32 Å². The van der Waals surface area contributed by atoms with E-state index in [0.717, 1.165) is 12.4 Å². The molecule has 11 heteroatoms. The fraction of sp³-hybridized carbons (Fsp3) is 0.158. The van der Waals surface area contributed by atoms with Gasteiger partial charge >= 0.3 is 6.18 Å². The van der Waals surface area contributed by atoms with Crippen molar-refractivity contribution in [3.8, 4) is 11.3 Å². The van der Waals surface area contributed by atoms with Gasteiger partial charge in [-0.05, 0) is 31.2 Å². The number of alkyl halides is 3. The lowest BCUT2D eigenvalue weighted by molar-refractivity contribution is -0.145. The van der Waals surface area contributed by atoms with Crippen molar-refractivity contribution >= 4 is 17.0 Å². The van der Waals surface area contributed by atoms with Crippen molar-refractivity contribution in [3.05, 3.63) is 66.4 Å². The highest BCUT2D eigenvalue weighted by molar-refractivity contribution is 5.83. The number of benzene rings is 1. The maximum absolute atomic E-state index is 13.2. The van der Waals surface area contributed by atoms with E-state index in [9.17, 15) is 17.6 Å². The molecule has 0 radical (unpaired) electrons. The van der Waals surface area contributed by atoms with Gasteiger partial charge in [0.05, 0.1) is 17.9 Å². The Morgan fingerprint density at radius 3 is 2.27 bits per heavy atom. The third kappa shape index (κ3) is 4.00. The van der Waals surface area contributed by atoms with Gasteiger partial charge in [0.2, 0.25) is 5.82 Å². The van der Waals surface area contributed by atoms with Crippen LogP contribution in [0, 0.1) is 5.82 Å². The van der Waals surface area contributed by atoms with Crippen molar-refractivity contribution in [3.63, 3.8) is 0 Å². The first kappa shape index (κ1) is 19.6. The lowest BCUT2D eigenvalue weighted by Gasteiger charge is -2.15.